The summed E-state index contributed by atoms with van der Waals surface area (Å²) >= 11 is 1.45. The van der Waals surface area contributed by atoms with E-state index < -0.39 is 0 Å². The first-order valence-corrected chi connectivity index (χ1v) is 11.4. The second-order valence-corrected chi connectivity index (χ2v) is 8.94. The fourth-order valence-corrected chi connectivity index (χ4v) is 5.23. The maximum Gasteiger partial charge on any atom is 0.263 e. The summed E-state index contributed by atoms with van der Waals surface area (Å²) in [4.78, 5) is 31.2. The van der Waals surface area contributed by atoms with Gasteiger partial charge in [0.2, 0.25) is 5.91 Å². The highest BCUT2D eigenvalue weighted by atomic mass is 32.1. The van der Waals surface area contributed by atoms with E-state index in [4.69, 9.17) is 0 Å². The number of rotatable bonds is 4. The molecule has 0 fully saturated rings. The molecular formula is C25H23N3O2S. The zero-order valence-corrected chi connectivity index (χ0v) is 18.1. The standard InChI is InChI=1S/C25H23N3O2S/c1-16-9-11-18(12-10-16)20-14-31-24-23(20)25(30)28(15-26-24)13-22(29)27-21-8-4-6-17-5-2-3-7-19(17)21/h2-3,5,7,9-12,14-15,21H,4,6,8,13H2,1H3,(H,27,29). The number of aromatic nitrogens is 2. The van der Waals surface area contributed by atoms with Crippen LogP contribution >= 0.6 is 11.3 Å². The van der Waals surface area contributed by atoms with Crippen molar-refractivity contribution in [3.63, 3.8) is 0 Å². The van der Waals surface area contributed by atoms with Gasteiger partial charge in [-0.2, -0.15) is 0 Å². The number of carbonyl (C=O) groups excluding carboxylic acids is 1. The minimum Gasteiger partial charge on any atom is -0.348 e. The first-order chi connectivity index (χ1) is 15.1. The van der Waals surface area contributed by atoms with Crippen LogP contribution in [0.15, 0.2) is 65.0 Å². The van der Waals surface area contributed by atoms with Gasteiger partial charge in [0.1, 0.15) is 11.4 Å². The Balaban J connectivity index is 1.42. The highest BCUT2D eigenvalue weighted by molar-refractivity contribution is 7.17. The second-order valence-electron chi connectivity index (χ2n) is 8.08. The number of hydrogen-bond acceptors (Lipinski definition) is 4. The van der Waals surface area contributed by atoms with E-state index in [1.165, 1.54) is 38.9 Å². The van der Waals surface area contributed by atoms with Gasteiger partial charge in [-0.25, -0.2) is 4.98 Å². The Hall–Kier alpha value is -3.25. The van der Waals surface area contributed by atoms with Crippen molar-refractivity contribution in [2.45, 2.75) is 38.8 Å². The lowest BCUT2D eigenvalue weighted by atomic mass is 9.88. The van der Waals surface area contributed by atoms with Gasteiger partial charge < -0.3 is 5.32 Å². The molecule has 1 aliphatic carbocycles. The number of nitrogens with zero attached hydrogens (tertiary/aromatic N) is 2. The quantitative estimate of drug-likeness (QED) is 0.515. The Kier molecular flexibility index (Phi) is 5.16. The third-order valence-corrected chi connectivity index (χ3v) is 6.83. The van der Waals surface area contributed by atoms with Crippen LogP contribution in [-0.4, -0.2) is 15.5 Å². The van der Waals surface area contributed by atoms with Gasteiger partial charge in [0.25, 0.3) is 5.56 Å². The molecule has 2 aromatic heterocycles. The lowest BCUT2D eigenvalue weighted by molar-refractivity contribution is -0.122. The Labute approximate surface area is 184 Å². The van der Waals surface area contributed by atoms with Crippen molar-refractivity contribution in [2.24, 2.45) is 0 Å². The molecular weight excluding hydrogens is 406 g/mol. The first kappa shape index (κ1) is 19.7. The van der Waals surface area contributed by atoms with E-state index in [9.17, 15) is 9.59 Å². The van der Waals surface area contributed by atoms with E-state index in [0.29, 0.717) is 10.2 Å². The maximum atomic E-state index is 13.2. The van der Waals surface area contributed by atoms with Crippen LogP contribution < -0.4 is 10.9 Å². The predicted molar refractivity (Wildman–Crippen MR) is 124 cm³/mol. The SMILES string of the molecule is Cc1ccc(-c2csc3ncn(CC(=O)NC4CCCc5ccccc54)c(=O)c23)cc1. The summed E-state index contributed by atoms with van der Waals surface area (Å²) in [5, 5.41) is 5.66. The summed E-state index contributed by atoms with van der Waals surface area (Å²) < 4.78 is 1.41. The van der Waals surface area contributed by atoms with Gasteiger partial charge in [0.15, 0.2) is 0 Å². The minimum atomic E-state index is -0.180. The van der Waals surface area contributed by atoms with Gasteiger partial charge in [-0.3, -0.25) is 14.2 Å². The zero-order valence-electron chi connectivity index (χ0n) is 17.3. The van der Waals surface area contributed by atoms with Crippen LogP contribution in [0, 0.1) is 6.92 Å². The molecule has 0 saturated carbocycles. The number of amides is 1. The van der Waals surface area contributed by atoms with E-state index in [-0.39, 0.29) is 24.1 Å². The van der Waals surface area contributed by atoms with Crippen LogP contribution in [0.4, 0.5) is 0 Å². The molecule has 1 amide bonds. The van der Waals surface area contributed by atoms with Crippen molar-refractivity contribution >= 4 is 27.5 Å². The van der Waals surface area contributed by atoms with Crippen molar-refractivity contribution in [2.75, 3.05) is 0 Å². The van der Waals surface area contributed by atoms with Crippen LogP contribution in [-0.2, 0) is 17.8 Å². The number of carbonyl (C=O) groups is 1. The molecule has 4 aromatic rings. The molecule has 1 unspecified atom stereocenters. The highest BCUT2D eigenvalue weighted by Crippen LogP contribution is 2.31. The molecule has 31 heavy (non-hydrogen) atoms. The van der Waals surface area contributed by atoms with Crippen molar-refractivity contribution in [3.05, 3.63) is 87.3 Å². The molecule has 0 radical (unpaired) electrons. The Bertz CT molecular complexity index is 1320. The monoisotopic (exact) mass is 429 g/mol. The van der Waals surface area contributed by atoms with E-state index in [1.54, 1.807) is 0 Å². The normalized spacial score (nSPS) is 15.6. The van der Waals surface area contributed by atoms with Gasteiger partial charge in [0, 0.05) is 10.9 Å². The van der Waals surface area contributed by atoms with Crippen LogP contribution in [0.3, 0.4) is 0 Å². The summed E-state index contributed by atoms with van der Waals surface area (Å²) in [5.74, 6) is -0.169. The minimum absolute atomic E-state index is 0.00545. The molecule has 0 saturated heterocycles. The number of nitrogens with one attached hydrogen (secondary N) is 1. The lowest BCUT2D eigenvalue weighted by Gasteiger charge is -2.26. The summed E-state index contributed by atoms with van der Waals surface area (Å²) in [6.07, 6.45) is 4.48. The third kappa shape index (κ3) is 3.79. The number of benzene rings is 2. The van der Waals surface area contributed by atoms with Crippen molar-refractivity contribution in [1.29, 1.82) is 0 Å². The molecule has 0 spiro atoms. The van der Waals surface area contributed by atoms with Crippen LogP contribution in [0.1, 0.15) is 35.6 Å². The number of hydrogen-bond donors (Lipinski definition) is 1. The van der Waals surface area contributed by atoms with Gasteiger partial charge in [0.05, 0.1) is 17.8 Å². The van der Waals surface area contributed by atoms with Crippen LogP contribution in [0.5, 0.6) is 0 Å². The average Bonchev–Trinajstić information content (AvgIpc) is 3.21. The molecule has 1 atom stereocenters. The van der Waals surface area contributed by atoms with E-state index >= 15 is 0 Å². The molecule has 1 aliphatic rings. The summed E-state index contributed by atoms with van der Waals surface area (Å²) in [5.41, 5.74) is 5.31. The molecule has 0 aliphatic heterocycles. The largest absolute Gasteiger partial charge is 0.348 e. The molecule has 0 bridgehead atoms. The molecule has 6 heteroatoms. The van der Waals surface area contributed by atoms with E-state index in [0.717, 1.165) is 30.4 Å². The van der Waals surface area contributed by atoms with Gasteiger partial charge in [-0.1, -0.05) is 54.1 Å². The van der Waals surface area contributed by atoms with Crippen LogP contribution in [0.25, 0.3) is 21.3 Å². The molecule has 2 heterocycles. The van der Waals surface area contributed by atoms with Crippen molar-refractivity contribution in [1.82, 2.24) is 14.9 Å². The van der Waals surface area contributed by atoms with E-state index in [2.05, 4.69) is 22.4 Å². The van der Waals surface area contributed by atoms with Gasteiger partial charge >= 0.3 is 0 Å². The topological polar surface area (TPSA) is 64.0 Å². The Morgan fingerprint density at radius 1 is 1.19 bits per heavy atom. The fourth-order valence-electron chi connectivity index (χ4n) is 4.32. The third-order valence-electron chi connectivity index (χ3n) is 5.94. The average molecular weight is 430 g/mol. The first-order valence-electron chi connectivity index (χ1n) is 10.5. The summed E-state index contributed by atoms with van der Waals surface area (Å²) in [6, 6.07) is 16.3. The number of fused-ring (bicyclic) bond motifs is 2. The smallest absolute Gasteiger partial charge is 0.263 e. The molecule has 2 aromatic carbocycles. The Morgan fingerprint density at radius 3 is 2.84 bits per heavy atom. The molecule has 1 N–H and O–H groups in total. The number of thiophene rings is 1. The van der Waals surface area contributed by atoms with Gasteiger partial charge in [-0.15, -0.1) is 11.3 Å². The lowest BCUT2D eigenvalue weighted by Crippen LogP contribution is -2.36. The van der Waals surface area contributed by atoms with Crippen molar-refractivity contribution in [3.8, 4) is 11.1 Å². The van der Waals surface area contributed by atoms with Crippen LogP contribution in [0.2, 0.25) is 0 Å². The molecule has 5 rings (SSSR count). The predicted octanol–water partition coefficient (Wildman–Crippen LogP) is 4.63. The maximum absolute atomic E-state index is 13.2. The van der Waals surface area contributed by atoms with Gasteiger partial charge in [-0.05, 0) is 42.9 Å². The summed E-state index contributed by atoms with van der Waals surface area (Å²) in [7, 11) is 0. The summed E-state index contributed by atoms with van der Waals surface area (Å²) in [6.45, 7) is 2.00. The zero-order chi connectivity index (χ0) is 21.4. The second kappa shape index (κ2) is 8.12. The molecule has 156 valence electrons. The Morgan fingerprint density at radius 2 is 2.00 bits per heavy atom. The molecule has 5 nitrogen and oxygen atoms in total. The van der Waals surface area contributed by atoms with E-state index in [1.807, 2.05) is 48.7 Å². The highest BCUT2D eigenvalue weighted by Gasteiger charge is 2.22. The fraction of sp³-hybridized carbons (Fsp3) is 0.240. The van der Waals surface area contributed by atoms with Crippen molar-refractivity contribution < 1.29 is 4.79 Å². The number of aryl methyl sites for hydroxylation is 2.